The molecule has 2 aromatic heterocycles. The molecule has 2 aromatic rings. The number of aromatic nitrogens is 2. The lowest BCUT2D eigenvalue weighted by Crippen LogP contribution is -2.40. The van der Waals surface area contributed by atoms with E-state index in [1.54, 1.807) is 11.3 Å². The van der Waals surface area contributed by atoms with Gasteiger partial charge in [-0.1, -0.05) is 11.2 Å². The topological polar surface area (TPSA) is 85.2 Å². The normalized spacial score (nSPS) is 18.3. The van der Waals surface area contributed by atoms with Gasteiger partial charge < -0.3 is 15.2 Å². The molecule has 3 rings (SSSR count). The van der Waals surface area contributed by atoms with Crippen LogP contribution in [0.2, 0.25) is 0 Å². The summed E-state index contributed by atoms with van der Waals surface area (Å²) in [5, 5.41) is 5.91. The van der Waals surface area contributed by atoms with Crippen molar-refractivity contribution in [3.63, 3.8) is 0 Å². The Hall–Kier alpha value is -1.73. The lowest BCUT2D eigenvalue weighted by atomic mass is 10.2. The van der Waals surface area contributed by atoms with E-state index in [-0.39, 0.29) is 11.9 Å². The van der Waals surface area contributed by atoms with E-state index < -0.39 is 0 Å². The van der Waals surface area contributed by atoms with Gasteiger partial charge >= 0.3 is 0 Å². The molecule has 1 saturated heterocycles. The second-order valence-corrected chi connectivity index (χ2v) is 6.06. The van der Waals surface area contributed by atoms with Gasteiger partial charge in [-0.15, -0.1) is 11.3 Å². The molecule has 0 radical (unpaired) electrons. The molecule has 7 heteroatoms. The third-order valence-corrected chi connectivity index (χ3v) is 4.60. The number of aryl methyl sites for hydroxylation is 1. The fourth-order valence-corrected chi connectivity index (χ4v) is 3.28. The van der Waals surface area contributed by atoms with E-state index in [1.165, 1.54) is 0 Å². The highest BCUT2D eigenvalue weighted by Gasteiger charge is 2.27. The average Bonchev–Trinajstić information content (AvgIpc) is 3.24. The van der Waals surface area contributed by atoms with Crippen molar-refractivity contribution in [2.45, 2.75) is 31.7 Å². The number of thiophene rings is 1. The molecule has 1 atom stereocenters. The smallest absolute Gasteiger partial charge is 0.227 e. The third kappa shape index (κ3) is 3.14. The molecule has 0 bridgehead atoms. The van der Waals surface area contributed by atoms with Crippen molar-refractivity contribution in [3.8, 4) is 10.7 Å². The predicted octanol–water partition coefficient (Wildman–Crippen LogP) is 1.68. The van der Waals surface area contributed by atoms with E-state index in [9.17, 15) is 4.79 Å². The standard InChI is InChI=1S/C14H18N4O2S/c15-9-10-3-1-7-18(10)13(19)6-5-12-16-14(17-20-12)11-4-2-8-21-11/h2,4,8,10H,1,3,5-7,9,15H2. The Kier molecular flexibility index (Phi) is 4.31. The summed E-state index contributed by atoms with van der Waals surface area (Å²) in [6.07, 6.45) is 2.91. The molecule has 2 N–H and O–H groups in total. The van der Waals surface area contributed by atoms with Crippen molar-refractivity contribution >= 4 is 17.2 Å². The highest BCUT2D eigenvalue weighted by Crippen LogP contribution is 2.22. The van der Waals surface area contributed by atoms with E-state index in [1.807, 2.05) is 22.4 Å². The molecule has 112 valence electrons. The van der Waals surface area contributed by atoms with Crippen LogP contribution in [0.3, 0.4) is 0 Å². The minimum absolute atomic E-state index is 0.124. The summed E-state index contributed by atoms with van der Waals surface area (Å²) >= 11 is 1.56. The lowest BCUT2D eigenvalue weighted by molar-refractivity contribution is -0.131. The van der Waals surface area contributed by atoms with Crippen LogP contribution in [0.15, 0.2) is 22.0 Å². The monoisotopic (exact) mass is 306 g/mol. The zero-order chi connectivity index (χ0) is 14.7. The van der Waals surface area contributed by atoms with Gasteiger partial charge in [-0.25, -0.2) is 0 Å². The zero-order valence-electron chi connectivity index (χ0n) is 11.7. The Morgan fingerprint density at radius 2 is 2.48 bits per heavy atom. The Morgan fingerprint density at radius 1 is 1.57 bits per heavy atom. The van der Waals surface area contributed by atoms with Gasteiger partial charge in [0.1, 0.15) is 0 Å². The minimum atomic E-state index is 0.124. The molecule has 1 aliphatic rings. The van der Waals surface area contributed by atoms with Crippen molar-refractivity contribution in [1.82, 2.24) is 15.0 Å². The highest BCUT2D eigenvalue weighted by molar-refractivity contribution is 7.13. The summed E-state index contributed by atoms with van der Waals surface area (Å²) in [4.78, 5) is 19.4. The molecule has 0 spiro atoms. The number of rotatable bonds is 5. The molecule has 1 unspecified atom stereocenters. The Balaban J connectivity index is 1.57. The van der Waals surface area contributed by atoms with Gasteiger partial charge in [0, 0.05) is 32.0 Å². The van der Waals surface area contributed by atoms with Gasteiger partial charge in [-0.05, 0) is 24.3 Å². The zero-order valence-corrected chi connectivity index (χ0v) is 12.5. The van der Waals surface area contributed by atoms with Crippen LogP contribution in [0.1, 0.15) is 25.2 Å². The molecule has 21 heavy (non-hydrogen) atoms. The third-order valence-electron chi connectivity index (χ3n) is 3.73. The number of likely N-dealkylation sites (tertiary alicyclic amines) is 1. The highest BCUT2D eigenvalue weighted by atomic mass is 32.1. The van der Waals surface area contributed by atoms with E-state index in [4.69, 9.17) is 10.3 Å². The molecular weight excluding hydrogens is 288 g/mol. The number of amides is 1. The molecule has 1 aliphatic heterocycles. The number of hydrogen-bond acceptors (Lipinski definition) is 6. The summed E-state index contributed by atoms with van der Waals surface area (Å²) in [6.45, 7) is 1.35. The largest absolute Gasteiger partial charge is 0.339 e. The van der Waals surface area contributed by atoms with Crippen LogP contribution in [0.4, 0.5) is 0 Å². The fourth-order valence-electron chi connectivity index (χ4n) is 2.63. The van der Waals surface area contributed by atoms with Gasteiger partial charge in [-0.2, -0.15) is 4.98 Å². The molecule has 0 saturated carbocycles. The molecule has 0 aliphatic carbocycles. The number of carbonyl (C=O) groups excluding carboxylic acids is 1. The van der Waals surface area contributed by atoms with Crippen molar-refractivity contribution in [3.05, 3.63) is 23.4 Å². The summed E-state index contributed by atoms with van der Waals surface area (Å²) in [5.74, 6) is 1.22. The Morgan fingerprint density at radius 3 is 3.24 bits per heavy atom. The SMILES string of the molecule is NCC1CCCN1C(=O)CCc1nc(-c2cccs2)no1. The van der Waals surface area contributed by atoms with Crippen molar-refractivity contribution in [2.75, 3.05) is 13.1 Å². The number of carbonyl (C=O) groups is 1. The van der Waals surface area contributed by atoms with Gasteiger partial charge in [-0.3, -0.25) is 4.79 Å². The number of nitrogens with zero attached hydrogens (tertiary/aromatic N) is 3. The average molecular weight is 306 g/mol. The van der Waals surface area contributed by atoms with Crippen LogP contribution < -0.4 is 5.73 Å². The predicted molar refractivity (Wildman–Crippen MR) is 79.7 cm³/mol. The van der Waals surface area contributed by atoms with Gasteiger partial charge in [0.15, 0.2) is 0 Å². The molecule has 1 fully saturated rings. The molecule has 1 amide bonds. The van der Waals surface area contributed by atoms with E-state index in [2.05, 4.69) is 10.1 Å². The maximum absolute atomic E-state index is 12.2. The van der Waals surface area contributed by atoms with Crippen LogP contribution in [0.5, 0.6) is 0 Å². The Labute approximate surface area is 126 Å². The first kappa shape index (κ1) is 14.2. The molecular formula is C14H18N4O2S. The molecule has 3 heterocycles. The minimum Gasteiger partial charge on any atom is -0.339 e. The van der Waals surface area contributed by atoms with Crippen molar-refractivity contribution in [2.24, 2.45) is 5.73 Å². The maximum Gasteiger partial charge on any atom is 0.227 e. The molecule has 6 nitrogen and oxygen atoms in total. The maximum atomic E-state index is 12.2. The Bertz CT molecular complexity index is 596. The van der Waals surface area contributed by atoms with Crippen LogP contribution in [0, 0.1) is 0 Å². The van der Waals surface area contributed by atoms with Crippen LogP contribution in [0.25, 0.3) is 10.7 Å². The quantitative estimate of drug-likeness (QED) is 0.908. The first-order valence-electron chi connectivity index (χ1n) is 7.14. The lowest BCUT2D eigenvalue weighted by Gasteiger charge is -2.23. The van der Waals surface area contributed by atoms with Gasteiger partial charge in [0.25, 0.3) is 0 Å². The van der Waals surface area contributed by atoms with Gasteiger partial charge in [0.05, 0.1) is 4.88 Å². The van der Waals surface area contributed by atoms with E-state index >= 15 is 0 Å². The summed E-state index contributed by atoms with van der Waals surface area (Å²) in [6, 6.07) is 4.09. The van der Waals surface area contributed by atoms with E-state index in [0.717, 1.165) is 24.3 Å². The van der Waals surface area contributed by atoms with Crippen LogP contribution >= 0.6 is 11.3 Å². The fraction of sp³-hybridized carbons (Fsp3) is 0.500. The van der Waals surface area contributed by atoms with Crippen molar-refractivity contribution < 1.29 is 9.32 Å². The first-order chi connectivity index (χ1) is 10.3. The summed E-state index contributed by atoms with van der Waals surface area (Å²) in [7, 11) is 0. The summed E-state index contributed by atoms with van der Waals surface area (Å²) in [5.41, 5.74) is 5.69. The second kappa shape index (κ2) is 6.36. The van der Waals surface area contributed by atoms with Crippen LogP contribution in [-0.4, -0.2) is 40.1 Å². The molecule has 0 aromatic carbocycles. The number of hydrogen-bond donors (Lipinski definition) is 1. The van der Waals surface area contributed by atoms with Gasteiger partial charge in [0.2, 0.25) is 17.6 Å². The van der Waals surface area contributed by atoms with Crippen molar-refractivity contribution in [1.29, 1.82) is 0 Å². The number of nitrogens with two attached hydrogens (primary N) is 1. The van der Waals surface area contributed by atoms with Crippen LogP contribution in [-0.2, 0) is 11.2 Å². The first-order valence-corrected chi connectivity index (χ1v) is 8.02. The van der Waals surface area contributed by atoms with E-state index in [0.29, 0.717) is 31.1 Å². The second-order valence-electron chi connectivity index (χ2n) is 5.11. The summed E-state index contributed by atoms with van der Waals surface area (Å²) < 4.78 is 5.20.